The molecule has 13 N–H and O–H groups in total. The monoisotopic (exact) mass is 512 g/mol. The number of rotatable bonds is 5. The summed E-state index contributed by atoms with van der Waals surface area (Å²) in [5.74, 6) is 2.26. The fraction of sp³-hybridized carbons (Fsp3) is 0.571. The predicted molar refractivity (Wildman–Crippen MR) is 151 cm³/mol. The highest BCUT2D eigenvalue weighted by atomic mass is 35.5. The molecule has 0 atom stereocenters. The Morgan fingerprint density at radius 3 is 1.79 bits per heavy atom. The van der Waals surface area contributed by atoms with Gasteiger partial charge in [-0.05, 0) is 62.6 Å². The van der Waals surface area contributed by atoms with E-state index in [4.69, 9.17) is 26.6 Å². The van der Waals surface area contributed by atoms with E-state index in [1.54, 1.807) is 0 Å². The first kappa shape index (κ1) is 33.2. The van der Waals surface area contributed by atoms with E-state index >= 15 is 0 Å². The van der Waals surface area contributed by atoms with Crippen LogP contribution in [-0.2, 0) is 6.54 Å². The Labute approximate surface area is 215 Å². The van der Waals surface area contributed by atoms with Gasteiger partial charge < -0.3 is 39.7 Å². The van der Waals surface area contributed by atoms with Gasteiger partial charge in [-0.25, -0.2) is 0 Å². The highest BCUT2D eigenvalue weighted by Crippen LogP contribution is 2.24. The maximum absolute atomic E-state index is 6.27. The van der Waals surface area contributed by atoms with Gasteiger partial charge in [0.2, 0.25) is 17.8 Å². The molecule has 0 unspecified atom stereocenters. The van der Waals surface area contributed by atoms with Gasteiger partial charge in [-0.2, -0.15) is 15.0 Å². The second-order valence-electron chi connectivity index (χ2n) is 7.73. The summed E-state index contributed by atoms with van der Waals surface area (Å²) in [6.07, 6.45) is 7.40. The van der Waals surface area contributed by atoms with E-state index in [1.165, 1.54) is 38.5 Å². The summed E-state index contributed by atoms with van der Waals surface area (Å²) in [6.45, 7) is 6.79. The molecule has 0 bridgehead atoms. The first-order valence-corrected chi connectivity index (χ1v) is 10.8. The third-order valence-corrected chi connectivity index (χ3v) is 6.12. The summed E-state index contributed by atoms with van der Waals surface area (Å²) >= 11 is 6.27. The summed E-state index contributed by atoms with van der Waals surface area (Å²) in [5.41, 5.74) is 2.25. The molecule has 2 fully saturated rings. The third-order valence-electron chi connectivity index (χ3n) is 5.71. The molecule has 2 saturated heterocycles. The van der Waals surface area contributed by atoms with Gasteiger partial charge in [-0.3, -0.25) is 0 Å². The Bertz CT molecular complexity index is 794. The van der Waals surface area contributed by atoms with Gasteiger partial charge in [0, 0.05) is 43.5 Å². The van der Waals surface area contributed by atoms with Crippen LogP contribution in [0.3, 0.4) is 0 Å². The van der Waals surface area contributed by atoms with Crippen LogP contribution in [0, 0.1) is 6.92 Å². The maximum atomic E-state index is 6.27. The van der Waals surface area contributed by atoms with Gasteiger partial charge in [-0.1, -0.05) is 23.7 Å². The molecule has 2 aliphatic rings. The minimum Gasteiger partial charge on any atom is -0.350 e. The normalized spacial score (nSPS) is 15.0. The summed E-state index contributed by atoms with van der Waals surface area (Å²) in [5, 5.41) is 4.20. The van der Waals surface area contributed by atoms with Crippen LogP contribution in [0.5, 0.6) is 0 Å². The molecule has 0 radical (unpaired) electrons. The van der Waals surface area contributed by atoms with E-state index < -0.39 is 0 Å². The van der Waals surface area contributed by atoms with Crippen molar-refractivity contribution < 1.29 is 5.71 Å². The van der Waals surface area contributed by atoms with Crippen molar-refractivity contribution in [2.24, 2.45) is 0 Å². The number of anilines is 3. The average molecular weight is 514 g/mol. The molecule has 1 aromatic carbocycles. The predicted octanol–water partition coefficient (Wildman–Crippen LogP) is 6.48. The molecule has 2 aliphatic heterocycles. The van der Waals surface area contributed by atoms with Gasteiger partial charge >= 0.3 is 0 Å². The van der Waals surface area contributed by atoms with Gasteiger partial charge in [0.05, 0.1) is 0 Å². The molecule has 0 saturated carbocycles. The van der Waals surface area contributed by atoms with Gasteiger partial charge in [0.25, 0.3) is 0 Å². The van der Waals surface area contributed by atoms with E-state index in [2.05, 4.69) is 21.2 Å². The van der Waals surface area contributed by atoms with Crippen molar-refractivity contribution in [1.82, 2.24) is 39.6 Å². The van der Waals surface area contributed by atoms with Crippen molar-refractivity contribution in [3.8, 4) is 0 Å². The molecule has 198 valence electrons. The molecule has 12 heteroatoms. The highest BCUT2D eigenvalue weighted by Gasteiger charge is 2.20. The molecule has 10 nitrogen and oxygen atoms in total. The first-order chi connectivity index (χ1) is 13.7. The maximum Gasteiger partial charge on any atom is 0.231 e. The molecule has 2 aromatic rings. The van der Waals surface area contributed by atoms with E-state index in [0.29, 0.717) is 12.5 Å². The SMILES string of the molecule is Cc1c(Cl)cccc1CNc1nc(N2CCCCC2)nc(N2CCCCC2)n1.Cl.N.N.N.N.[HH].[HH].[HH].[HH]. The first-order valence-electron chi connectivity index (χ1n) is 10.4. The number of benzene rings is 1. The number of hydrogen-bond acceptors (Lipinski definition) is 10. The number of hydrogen-bond donors (Lipinski definition) is 5. The standard InChI is InChI=1S/C21H29ClN6.ClH.4H3N.4H2/c1-16-17(9-8-10-18(16)22)15-23-19-24-20(27-11-4-2-5-12-27)26-21(25-19)28-13-6-3-7-14-28;;;;;;;;;/h8-10H,2-7,11-15H2,1H3,(H,23,24,25,26);1H;4*1H3;4*1H. The van der Waals surface area contributed by atoms with Crippen LogP contribution in [0.2, 0.25) is 5.02 Å². The van der Waals surface area contributed by atoms with E-state index in [-0.39, 0.29) is 42.7 Å². The van der Waals surface area contributed by atoms with Crippen LogP contribution in [0.15, 0.2) is 18.2 Å². The second kappa shape index (κ2) is 15.8. The number of nitrogens with zero attached hydrogens (tertiary/aromatic N) is 5. The van der Waals surface area contributed by atoms with Gasteiger partial charge in [0.1, 0.15) is 0 Å². The third kappa shape index (κ3) is 8.40. The van der Waals surface area contributed by atoms with Crippen LogP contribution in [0.25, 0.3) is 0 Å². The second-order valence-corrected chi connectivity index (χ2v) is 8.14. The van der Waals surface area contributed by atoms with E-state index in [0.717, 1.165) is 54.2 Å². The summed E-state index contributed by atoms with van der Waals surface area (Å²) in [7, 11) is 0. The Kier molecular flexibility index (Phi) is 15.9. The molecular weight excluding hydrogens is 463 g/mol. The van der Waals surface area contributed by atoms with Crippen molar-refractivity contribution in [1.29, 1.82) is 0 Å². The Balaban J connectivity index is -0.000000267. The molecule has 1 aromatic heterocycles. The van der Waals surface area contributed by atoms with Crippen molar-refractivity contribution in [3.63, 3.8) is 0 Å². The quantitative estimate of drug-likeness (QED) is 0.295. The van der Waals surface area contributed by atoms with Crippen LogP contribution < -0.4 is 39.7 Å². The molecule has 4 rings (SSSR count). The Morgan fingerprint density at radius 1 is 0.818 bits per heavy atom. The number of halogens is 2. The molecule has 0 amide bonds. The lowest BCUT2D eigenvalue weighted by atomic mass is 10.1. The van der Waals surface area contributed by atoms with Crippen molar-refractivity contribution in [2.45, 2.75) is 52.0 Å². The lowest BCUT2D eigenvalue weighted by Gasteiger charge is -2.30. The zero-order valence-electron chi connectivity index (χ0n) is 19.9. The fourth-order valence-corrected chi connectivity index (χ4v) is 4.12. The van der Waals surface area contributed by atoms with Crippen molar-refractivity contribution in [3.05, 3.63) is 34.3 Å². The zero-order chi connectivity index (χ0) is 19.3. The fourth-order valence-electron chi connectivity index (χ4n) is 3.92. The largest absolute Gasteiger partial charge is 0.350 e. The van der Waals surface area contributed by atoms with E-state index in [1.807, 2.05) is 19.1 Å². The molecule has 0 spiro atoms. The van der Waals surface area contributed by atoms with Gasteiger partial charge in [-0.15, -0.1) is 12.4 Å². The van der Waals surface area contributed by atoms with Crippen LogP contribution in [0.4, 0.5) is 17.8 Å². The average Bonchev–Trinajstić information content (AvgIpc) is 2.76. The molecule has 33 heavy (non-hydrogen) atoms. The van der Waals surface area contributed by atoms with Crippen LogP contribution in [0.1, 0.15) is 55.4 Å². The summed E-state index contributed by atoms with van der Waals surface area (Å²) < 4.78 is 0. The Morgan fingerprint density at radius 2 is 1.30 bits per heavy atom. The highest BCUT2D eigenvalue weighted by molar-refractivity contribution is 6.31. The number of aromatic nitrogens is 3. The minimum atomic E-state index is 0. The van der Waals surface area contributed by atoms with Crippen LogP contribution in [-0.4, -0.2) is 41.1 Å². The molecule has 0 aliphatic carbocycles. The van der Waals surface area contributed by atoms with Crippen LogP contribution >= 0.6 is 24.0 Å². The van der Waals surface area contributed by atoms with E-state index in [9.17, 15) is 0 Å². The topological polar surface area (TPSA) is 197 Å². The number of nitrogens with one attached hydrogen (secondary N) is 1. The Hall–Kier alpha value is -1.95. The summed E-state index contributed by atoms with van der Waals surface area (Å²) in [6, 6.07) is 6.00. The molecular formula is C21H50Cl2N10. The summed E-state index contributed by atoms with van der Waals surface area (Å²) in [4.78, 5) is 18.9. The molecule has 3 heterocycles. The lowest BCUT2D eigenvalue weighted by Crippen LogP contribution is -2.34. The zero-order valence-corrected chi connectivity index (χ0v) is 21.4. The van der Waals surface area contributed by atoms with Gasteiger partial charge in [0.15, 0.2) is 0 Å². The minimum absolute atomic E-state index is 0. The van der Waals surface area contributed by atoms with Crippen molar-refractivity contribution in [2.75, 3.05) is 41.3 Å². The van der Waals surface area contributed by atoms with Crippen molar-refractivity contribution >= 4 is 41.9 Å². The lowest BCUT2D eigenvalue weighted by molar-refractivity contribution is 0.556. The number of piperidine rings is 2. The smallest absolute Gasteiger partial charge is 0.231 e.